The number of ketones is 1. The first-order valence-electron chi connectivity index (χ1n) is 12.2. The monoisotopic (exact) mass is 487 g/mol. The number of allylic oxidation sites excluding steroid dienone is 2. The smallest absolute Gasteiger partial charge is 0.188 e. The molecule has 0 aromatic heterocycles. The van der Waals surface area contributed by atoms with Crippen molar-refractivity contribution >= 4 is 28.1 Å². The molecular weight excluding hydrogens is 458 g/mol. The number of hydrogen-bond donors (Lipinski definition) is 0. The first-order valence-corrected chi connectivity index (χ1v) is 13.0. The molecule has 0 unspecified atom stereocenters. The van der Waals surface area contributed by atoms with E-state index in [1.807, 2.05) is 49.4 Å². The standard InChI is InChI=1S/C33H29NOS/c1-23-9-15-26(16-10-23)21-30-33(28-19-13-25(3)14-20-28)36-32(34(30)29-7-5-4-6-8-29)22-31(35)27-17-11-24(2)12-18-27/h4-20,22H,21H2,1-3H3/b32-22-. The van der Waals surface area contributed by atoms with E-state index in [0.29, 0.717) is 5.56 Å². The third-order valence-electron chi connectivity index (χ3n) is 6.37. The lowest BCUT2D eigenvalue weighted by Crippen LogP contribution is -2.19. The summed E-state index contributed by atoms with van der Waals surface area (Å²) in [5, 5.41) is 0.921. The van der Waals surface area contributed by atoms with Gasteiger partial charge in [-0.3, -0.25) is 4.79 Å². The fourth-order valence-electron chi connectivity index (χ4n) is 4.30. The van der Waals surface area contributed by atoms with Gasteiger partial charge >= 0.3 is 0 Å². The third kappa shape index (κ3) is 5.22. The predicted octanol–water partition coefficient (Wildman–Crippen LogP) is 8.50. The van der Waals surface area contributed by atoms with Gasteiger partial charge in [-0.1, -0.05) is 119 Å². The van der Waals surface area contributed by atoms with Crippen LogP contribution in [0.4, 0.5) is 5.69 Å². The minimum atomic E-state index is 0.0123. The van der Waals surface area contributed by atoms with E-state index in [9.17, 15) is 4.79 Å². The van der Waals surface area contributed by atoms with E-state index in [2.05, 4.69) is 79.4 Å². The molecule has 0 amide bonds. The van der Waals surface area contributed by atoms with Crippen molar-refractivity contribution in [2.75, 3.05) is 4.90 Å². The SMILES string of the molecule is Cc1ccc(CC2=C(c3ccc(C)cc3)S/C(=C\C(=O)c3ccc(C)cc3)N2c2ccccc2)cc1. The van der Waals surface area contributed by atoms with Gasteiger partial charge in [-0.05, 0) is 44.0 Å². The first-order chi connectivity index (χ1) is 17.5. The Morgan fingerprint density at radius 3 is 1.89 bits per heavy atom. The highest BCUT2D eigenvalue weighted by molar-refractivity contribution is 8.12. The van der Waals surface area contributed by atoms with Crippen molar-refractivity contribution in [2.45, 2.75) is 27.2 Å². The second kappa shape index (κ2) is 10.4. The maximum atomic E-state index is 13.3. The van der Waals surface area contributed by atoms with Crippen molar-refractivity contribution in [3.05, 3.63) is 153 Å². The van der Waals surface area contributed by atoms with Crippen LogP contribution in [-0.2, 0) is 6.42 Å². The Kier molecular flexibility index (Phi) is 6.92. The fraction of sp³-hybridized carbons (Fsp3) is 0.121. The lowest BCUT2D eigenvalue weighted by molar-refractivity contribution is 0.104. The summed E-state index contributed by atoms with van der Waals surface area (Å²) in [4.78, 5) is 16.8. The molecule has 1 aliphatic heterocycles. The van der Waals surface area contributed by atoms with E-state index in [1.165, 1.54) is 32.9 Å². The van der Waals surface area contributed by atoms with Crippen molar-refractivity contribution < 1.29 is 4.79 Å². The number of para-hydroxylation sites is 1. The summed E-state index contributed by atoms with van der Waals surface area (Å²) in [5.74, 6) is 0.0123. The Morgan fingerprint density at radius 1 is 0.722 bits per heavy atom. The van der Waals surface area contributed by atoms with Crippen LogP contribution in [0.2, 0.25) is 0 Å². The molecule has 0 aliphatic carbocycles. The van der Waals surface area contributed by atoms with Gasteiger partial charge in [-0.2, -0.15) is 0 Å². The predicted molar refractivity (Wildman–Crippen MR) is 153 cm³/mol. The van der Waals surface area contributed by atoms with Crippen LogP contribution in [-0.4, -0.2) is 5.78 Å². The molecule has 178 valence electrons. The van der Waals surface area contributed by atoms with E-state index in [0.717, 1.165) is 22.7 Å². The molecule has 1 aliphatic rings. The van der Waals surface area contributed by atoms with Gasteiger partial charge in [0.1, 0.15) is 0 Å². The van der Waals surface area contributed by atoms with Gasteiger partial charge < -0.3 is 4.90 Å². The Hall–Kier alpha value is -3.82. The fourth-order valence-corrected chi connectivity index (χ4v) is 5.52. The summed E-state index contributed by atoms with van der Waals surface area (Å²) >= 11 is 1.68. The summed E-state index contributed by atoms with van der Waals surface area (Å²) in [5.41, 5.74) is 8.96. The van der Waals surface area contributed by atoms with Crippen molar-refractivity contribution in [3.8, 4) is 0 Å². The van der Waals surface area contributed by atoms with E-state index >= 15 is 0 Å². The van der Waals surface area contributed by atoms with Crippen LogP contribution >= 0.6 is 11.8 Å². The maximum absolute atomic E-state index is 13.3. The topological polar surface area (TPSA) is 20.3 Å². The Balaban J connectivity index is 1.64. The molecule has 0 radical (unpaired) electrons. The number of nitrogens with zero attached hydrogens (tertiary/aromatic N) is 1. The molecule has 0 saturated heterocycles. The third-order valence-corrected chi connectivity index (χ3v) is 7.56. The summed E-state index contributed by atoms with van der Waals surface area (Å²) in [7, 11) is 0. The van der Waals surface area contributed by atoms with Gasteiger partial charge in [0.15, 0.2) is 5.78 Å². The van der Waals surface area contributed by atoms with Crippen LogP contribution in [0.5, 0.6) is 0 Å². The zero-order valence-electron chi connectivity index (χ0n) is 20.9. The molecular formula is C33H29NOS. The zero-order valence-corrected chi connectivity index (χ0v) is 21.7. The van der Waals surface area contributed by atoms with Gasteiger partial charge in [0, 0.05) is 34.3 Å². The van der Waals surface area contributed by atoms with Gasteiger partial charge in [-0.25, -0.2) is 0 Å². The molecule has 5 rings (SSSR count). The van der Waals surface area contributed by atoms with Crippen LogP contribution < -0.4 is 4.90 Å². The van der Waals surface area contributed by atoms with E-state index in [4.69, 9.17) is 0 Å². The highest BCUT2D eigenvalue weighted by atomic mass is 32.2. The number of hydrogen-bond acceptors (Lipinski definition) is 3. The van der Waals surface area contributed by atoms with Gasteiger partial charge in [0.05, 0.1) is 5.03 Å². The van der Waals surface area contributed by atoms with Crippen molar-refractivity contribution in [1.29, 1.82) is 0 Å². The maximum Gasteiger partial charge on any atom is 0.188 e. The van der Waals surface area contributed by atoms with Crippen LogP contribution in [0.25, 0.3) is 4.91 Å². The number of aryl methyl sites for hydroxylation is 3. The molecule has 4 aromatic carbocycles. The number of carbonyl (C=O) groups excluding carboxylic acids is 1. The van der Waals surface area contributed by atoms with Crippen molar-refractivity contribution in [1.82, 2.24) is 0 Å². The Labute approximate surface area is 218 Å². The molecule has 0 atom stereocenters. The highest BCUT2D eigenvalue weighted by Gasteiger charge is 2.31. The normalized spacial score (nSPS) is 14.5. The molecule has 3 heteroatoms. The number of benzene rings is 4. The lowest BCUT2D eigenvalue weighted by atomic mass is 10.0. The average Bonchev–Trinajstić information content (AvgIpc) is 3.24. The quantitative estimate of drug-likeness (QED) is 0.201. The number of anilines is 1. The van der Waals surface area contributed by atoms with Crippen molar-refractivity contribution in [3.63, 3.8) is 0 Å². The lowest BCUT2D eigenvalue weighted by Gasteiger charge is -2.24. The summed E-state index contributed by atoms with van der Waals surface area (Å²) < 4.78 is 0. The van der Waals surface area contributed by atoms with Crippen molar-refractivity contribution in [2.24, 2.45) is 0 Å². The Morgan fingerprint density at radius 2 is 1.28 bits per heavy atom. The minimum absolute atomic E-state index is 0.0123. The molecule has 0 N–H and O–H groups in total. The summed E-state index contributed by atoms with van der Waals surface area (Å²) in [6.07, 6.45) is 2.56. The average molecular weight is 488 g/mol. The van der Waals surface area contributed by atoms with Gasteiger partial charge in [0.25, 0.3) is 0 Å². The van der Waals surface area contributed by atoms with E-state index in [1.54, 1.807) is 17.8 Å². The zero-order chi connectivity index (χ0) is 25.1. The van der Waals surface area contributed by atoms with Crippen LogP contribution in [0.1, 0.15) is 38.2 Å². The summed E-state index contributed by atoms with van der Waals surface area (Å²) in [6.45, 7) is 6.25. The summed E-state index contributed by atoms with van der Waals surface area (Å²) in [6, 6.07) is 35.5. The molecule has 0 bridgehead atoms. The van der Waals surface area contributed by atoms with Crippen LogP contribution in [0, 0.1) is 20.8 Å². The number of carbonyl (C=O) groups is 1. The second-order valence-corrected chi connectivity index (χ2v) is 10.3. The van der Waals surface area contributed by atoms with Crippen LogP contribution in [0.15, 0.2) is 120 Å². The first kappa shape index (κ1) is 23.9. The number of thioether (sulfide) groups is 1. The number of rotatable bonds is 6. The van der Waals surface area contributed by atoms with E-state index < -0.39 is 0 Å². The highest BCUT2D eigenvalue weighted by Crippen LogP contribution is 2.49. The molecule has 0 fully saturated rings. The molecule has 4 aromatic rings. The largest absolute Gasteiger partial charge is 0.307 e. The Bertz CT molecular complexity index is 1430. The molecule has 0 saturated carbocycles. The second-order valence-electron chi connectivity index (χ2n) is 9.29. The molecule has 1 heterocycles. The van der Waals surface area contributed by atoms with Gasteiger partial charge in [-0.15, -0.1) is 0 Å². The van der Waals surface area contributed by atoms with E-state index in [-0.39, 0.29) is 5.78 Å². The molecule has 2 nitrogen and oxygen atoms in total. The molecule has 36 heavy (non-hydrogen) atoms. The minimum Gasteiger partial charge on any atom is -0.307 e. The van der Waals surface area contributed by atoms with Crippen LogP contribution in [0.3, 0.4) is 0 Å². The molecule has 0 spiro atoms. The van der Waals surface area contributed by atoms with Gasteiger partial charge in [0.2, 0.25) is 0 Å².